The Morgan fingerprint density at radius 1 is 1.33 bits per heavy atom. The largest absolute Gasteiger partial charge is 0.491 e. The summed E-state index contributed by atoms with van der Waals surface area (Å²) in [6, 6.07) is 7.98. The van der Waals surface area contributed by atoms with E-state index in [0.29, 0.717) is 19.5 Å². The Morgan fingerprint density at radius 3 is 2.89 bits per heavy atom. The molecule has 148 valence electrons. The Morgan fingerprint density at radius 2 is 2.15 bits per heavy atom. The van der Waals surface area contributed by atoms with Crippen LogP contribution in [0.5, 0.6) is 5.75 Å². The summed E-state index contributed by atoms with van der Waals surface area (Å²) in [6.07, 6.45) is 4.39. The number of hydrogen-bond acceptors (Lipinski definition) is 3. The maximum atomic E-state index is 12.6. The first kappa shape index (κ1) is 19.5. The summed E-state index contributed by atoms with van der Waals surface area (Å²) >= 11 is 0. The molecule has 2 aliphatic rings. The van der Waals surface area contributed by atoms with Crippen molar-refractivity contribution in [3.8, 4) is 5.75 Å². The lowest BCUT2D eigenvalue weighted by Crippen LogP contribution is -2.55. The molecule has 2 saturated heterocycles. The van der Waals surface area contributed by atoms with Crippen LogP contribution >= 0.6 is 0 Å². The predicted octanol–water partition coefficient (Wildman–Crippen LogP) is 2.72. The molecule has 1 aromatic carbocycles. The van der Waals surface area contributed by atoms with E-state index in [1.54, 1.807) is 0 Å². The third-order valence-corrected chi connectivity index (χ3v) is 5.50. The van der Waals surface area contributed by atoms with Crippen LogP contribution in [0.1, 0.15) is 45.1 Å². The minimum Gasteiger partial charge on any atom is -0.491 e. The number of hydrogen-bond donors (Lipinski definition) is 2. The molecule has 6 nitrogen and oxygen atoms in total. The van der Waals surface area contributed by atoms with E-state index in [2.05, 4.69) is 10.6 Å². The van der Waals surface area contributed by atoms with E-state index in [4.69, 9.17) is 4.74 Å². The molecule has 0 aromatic heterocycles. The fourth-order valence-corrected chi connectivity index (χ4v) is 4.07. The molecular formula is C21H31N3O3. The molecule has 2 aliphatic heterocycles. The molecule has 27 heavy (non-hydrogen) atoms. The number of para-hydroxylation sites is 1. The monoisotopic (exact) mass is 373 g/mol. The van der Waals surface area contributed by atoms with E-state index < -0.39 is 0 Å². The molecule has 0 unspecified atom stereocenters. The Labute approximate surface area is 161 Å². The molecule has 0 aliphatic carbocycles. The number of nitrogens with one attached hydrogen (secondary N) is 2. The molecule has 0 saturated carbocycles. The lowest BCUT2D eigenvalue weighted by molar-refractivity contribution is -0.125. The van der Waals surface area contributed by atoms with Crippen molar-refractivity contribution < 1.29 is 14.3 Å². The summed E-state index contributed by atoms with van der Waals surface area (Å²) in [7, 11) is 0. The number of carbonyl (C=O) groups is 2. The molecule has 0 bridgehead atoms. The number of nitrogens with zero attached hydrogens (tertiary/aromatic N) is 1. The van der Waals surface area contributed by atoms with Gasteiger partial charge in [-0.25, -0.2) is 4.79 Å². The van der Waals surface area contributed by atoms with Gasteiger partial charge in [0, 0.05) is 38.0 Å². The van der Waals surface area contributed by atoms with Crippen LogP contribution in [0.25, 0.3) is 0 Å². The van der Waals surface area contributed by atoms with Crippen molar-refractivity contribution >= 4 is 11.9 Å². The number of piperidine rings is 2. The normalized spacial score (nSPS) is 22.6. The maximum Gasteiger partial charge on any atom is 0.317 e. The van der Waals surface area contributed by atoms with E-state index in [-0.39, 0.29) is 23.5 Å². The summed E-state index contributed by atoms with van der Waals surface area (Å²) < 4.78 is 5.85. The zero-order chi connectivity index (χ0) is 19.3. The van der Waals surface area contributed by atoms with Gasteiger partial charge >= 0.3 is 6.03 Å². The highest BCUT2D eigenvalue weighted by Crippen LogP contribution is 2.36. The van der Waals surface area contributed by atoms with Crippen LogP contribution in [0, 0.1) is 5.41 Å². The Hall–Kier alpha value is -2.24. The van der Waals surface area contributed by atoms with Crippen molar-refractivity contribution in [2.75, 3.05) is 26.2 Å². The lowest BCUT2D eigenvalue weighted by atomic mass is 9.74. The number of ether oxygens (including phenoxy) is 1. The topological polar surface area (TPSA) is 70.7 Å². The van der Waals surface area contributed by atoms with Gasteiger partial charge in [0.1, 0.15) is 5.75 Å². The maximum absolute atomic E-state index is 12.6. The molecule has 3 amide bonds. The summed E-state index contributed by atoms with van der Waals surface area (Å²) in [6.45, 7) is 6.81. The van der Waals surface area contributed by atoms with Crippen molar-refractivity contribution in [3.05, 3.63) is 29.8 Å². The van der Waals surface area contributed by atoms with Crippen molar-refractivity contribution in [1.29, 1.82) is 0 Å². The van der Waals surface area contributed by atoms with Gasteiger partial charge in [-0.2, -0.15) is 0 Å². The molecule has 1 aromatic rings. The van der Waals surface area contributed by atoms with E-state index >= 15 is 0 Å². The fourth-order valence-electron chi connectivity index (χ4n) is 4.07. The van der Waals surface area contributed by atoms with Crippen LogP contribution < -0.4 is 15.4 Å². The zero-order valence-corrected chi connectivity index (χ0v) is 16.4. The van der Waals surface area contributed by atoms with Gasteiger partial charge in [-0.15, -0.1) is 0 Å². The second-order valence-corrected chi connectivity index (χ2v) is 8.06. The van der Waals surface area contributed by atoms with Crippen LogP contribution in [-0.4, -0.2) is 49.1 Å². The molecule has 3 rings (SSSR count). The average Bonchev–Trinajstić information content (AvgIpc) is 2.65. The molecule has 0 radical (unpaired) electrons. The molecule has 1 spiro atoms. The van der Waals surface area contributed by atoms with E-state index in [1.165, 1.54) is 0 Å². The van der Waals surface area contributed by atoms with Crippen molar-refractivity contribution in [2.45, 2.75) is 52.1 Å². The molecule has 2 heterocycles. The molecular weight excluding hydrogens is 342 g/mol. The molecule has 2 N–H and O–H groups in total. The molecule has 2 fully saturated rings. The highest BCUT2D eigenvalue weighted by atomic mass is 16.5. The first-order valence-electron chi connectivity index (χ1n) is 10.0. The first-order chi connectivity index (χ1) is 13.0. The minimum atomic E-state index is -0.00626. The summed E-state index contributed by atoms with van der Waals surface area (Å²) in [5.41, 5.74) is 1.16. The van der Waals surface area contributed by atoms with Crippen molar-refractivity contribution in [3.63, 3.8) is 0 Å². The Kier molecular flexibility index (Phi) is 6.24. The zero-order valence-electron chi connectivity index (χ0n) is 16.4. The number of urea groups is 1. The number of benzene rings is 1. The van der Waals surface area contributed by atoms with E-state index in [9.17, 15) is 9.59 Å². The smallest absolute Gasteiger partial charge is 0.317 e. The van der Waals surface area contributed by atoms with E-state index in [0.717, 1.165) is 50.1 Å². The third kappa shape index (κ3) is 5.15. The SMILES string of the molecule is CC(C)Oc1ccccc1CCNC(=O)N1CCC[C@@]2(CCC(=O)NC2)C1. The lowest BCUT2D eigenvalue weighted by Gasteiger charge is -2.44. The number of amides is 3. The van der Waals surface area contributed by atoms with Gasteiger partial charge in [0.05, 0.1) is 6.10 Å². The standard InChI is InChI=1S/C21H31N3O3/c1-16(2)27-18-7-4-3-6-17(18)9-12-22-20(26)24-13-5-10-21(15-24)11-8-19(25)23-14-21/h3-4,6-7,16H,5,8-15H2,1-2H3,(H,22,26)(H,23,25)/t21-/m0/s1. The summed E-state index contributed by atoms with van der Waals surface area (Å²) in [5.74, 6) is 1.01. The average molecular weight is 373 g/mol. The predicted molar refractivity (Wildman–Crippen MR) is 105 cm³/mol. The summed E-state index contributed by atoms with van der Waals surface area (Å²) in [5, 5.41) is 6.03. The van der Waals surface area contributed by atoms with Crippen LogP contribution in [-0.2, 0) is 11.2 Å². The Bertz CT molecular complexity index is 664. The van der Waals surface area contributed by atoms with Gasteiger partial charge in [0.25, 0.3) is 0 Å². The molecule has 6 heteroatoms. The number of carbonyl (C=O) groups excluding carboxylic acids is 2. The number of rotatable bonds is 5. The third-order valence-electron chi connectivity index (χ3n) is 5.50. The highest BCUT2D eigenvalue weighted by molar-refractivity contribution is 5.77. The first-order valence-corrected chi connectivity index (χ1v) is 10.0. The van der Waals surface area contributed by atoms with Gasteiger partial charge in [-0.1, -0.05) is 18.2 Å². The minimum absolute atomic E-state index is 0.00626. The number of likely N-dealkylation sites (tertiary alicyclic amines) is 1. The van der Waals surface area contributed by atoms with Crippen LogP contribution in [0.3, 0.4) is 0 Å². The van der Waals surface area contributed by atoms with Crippen LogP contribution in [0.4, 0.5) is 4.79 Å². The van der Waals surface area contributed by atoms with Gasteiger partial charge in [-0.05, 0) is 51.2 Å². The van der Waals surface area contributed by atoms with Gasteiger partial charge in [0.2, 0.25) is 5.91 Å². The van der Waals surface area contributed by atoms with Crippen LogP contribution in [0.2, 0.25) is 0 Å². The molecule has 1 atom stereocenters. The van der Waals surface area contributed by atoms with Gasteiger partial charge < -0.3 is 20.3 Å². The second-order valence-electron chi connectivity index (χ2n) is 8.06. The fraction of sp³-hybridized carbons (Fsp3) is 0.619. The highest BCUT2D eigenvalue weighted by Gasteiger charge is 2.39. The van der Waals surface area contributed by atoms with Crippen molar-refractivity contribution in [1.82, 2.24) is 15.5 Å². The second kappa shape index (κ2) is 8.63. The van der Waals surface area contributed by atoms with E-state index in [1.807, 2.05) is 43.0 Å². The van der Waals surface area contributed by atoms with Gasteiger partial charge in [0.15, 0.2) is 0 Å². The van der Waals surface area contributed by atoms with Gasteiger partial charge in [-0.3, -0.25) is 4.79 Å². The van der Waals surface area contributed by atoms with Crippen LogP contribution in [0.15, 0.2) is 24.3 Å². The summed E-state index contributed by atoms with van der Waals surface area (Å²) in [4.78, 5) is 26.0. The van der Waals surface area contributed by atoms with Crippen molar-refractivity contribution in [2.24, 2.45) is 5.41 Å². The Balaban J connectivity index is 1.50. The quantitative estimate of drug-likeness (QED) is 0.834.